The van der Waals surface area contributed by atoms with Crippen molar-refractivity contribution in [2.45, 2.75) is 0 Å². The summed E-state index contributed by atoms with van der Waals surface area (Å²) in [6.07, 6.45) is 0. The molecule has 0 unspecified atom stereocenters. The summed E-state index contributed by atoms with van der Waals surface area (Å²) < 4.78 is 10.6. The van der Waals surface area contributed by atoms with Gasteiger partial charge < -0.3 is 14.8 Å². The van der Waals surface area contributed by atoms with Crippen LogP contribution in [0.5, 0.6) is 11.5 Å². The third kappa shape index (κ3) is 1.93. The van der Waals surface area contributed by atoms with Gasteiger partial charge in [-0.2, -0.15) is 4.98 Å². The van der Waals surface area contributed by atoms with Gasteiger partial charge in [-0.05, 0) is 35.2 Å². The molecule has 5 nitrogen and oxygen atoms in total. The number of anilines is 2. The van der Waals surface area contributed by atoms with Gasteiger partial charge in [0.1, 0.15) is 10.6 Å². The fourth-order valence-corrected chi connectivity index (χ4v) is 3.02. The van der Waals surface area contributed by atoms with Gasteiger partial charge in [0.05, 0.1) is 5.39 Å². The second-order valence-electron chi connectivity index (χ2n) is 4.17. The van der Waals surface area contributed by atoms with Gasteiger partial charge >= 0.3 is 0 Å². The SMILES string of the molecule is Clc1nc(Nc2ccc3c(c2)OCO3)c2ccsc2n1. The van der Waals surface area contributed by atoms with Crippen molar-refractivity contribution in [2.24, 2.45) is 0 Å². The average molecular weight is 306 g/mol. The standard InChI is InChI=1S/C13H8ClN3O2S/c14-13-16-11(8-3-4-20-12(8)17-13)15-7-1-2-9-10(5-7)19-6-18-9/h1-5H,6H2,(H,15,16,17). The molecule has 100 valence electrons. The van der Waals surface area contributed by atoms with E-state index in [1.54, 1.807) is 0 Å². The summed E-state index contributed by atoms with van der Waals surface area (Å²) >= 11 is 7.47. The number of aromatic nitrogens is 2. The van der Waals surface area contributed by atoms with Gasteiger partial charge in [0, 0.05) is 11.8 Å². The summed E-state index contributed by atoms with van der Waals surface area (Å²) in [4.78, 5) is 9.28. The maximum Gasteiger partial charge on any atom is 0.231 e. The number of fused-ring (bicyclic) bond motifs is 2. The van der Waals surface area contributed by atoms with Gasteiger partial charge in [0.2, 0.25) is 12.1 Å². The highest BCUT2D eigenvalue weighted by Crippen LogP contribution is 2.36. The zero-order chi connectivity index (χ0) is 13.5. The van der Waals surface area contributed by atoms with Crippen molar-refractivity contribution < 1.29 is 9.47 Å². The van der Waals surface area contributed by atoms with Gasteiger partial charge in [0.15, 0.2) is 11.5 Å². The Kier molecular flexibility index (Phi) is 2.64. The largest absolute Gasteiger partial charge is 0.454 e. The van der Waals surface area contributed by atoms with Crippen LogP contribution in [0.1, 0.15) is 0 Å². The van der Waals surface area contributed by atoms with E-state index in [1.807, 2.05) is 29.6 Å². The zero-order valence-electron chi connectivity index (χ0n) is 10.1. The van der Waals surface area contributed by atoms with Gasteiger partial charge in [-0.1, -0.05) is 0 Å². The van der Waals surface area contributed by atoms with Crippen LogP contribution in [0.25, 0.3) is 10.2 Å². The topological polar surface area (TPSA) is 56.3 Å². The predicted molar refractivity (Wildman–Crippen MR) is 78.3 cm³/mol. The van der Waals surface area contributed by atoms with E-state index in [4.69, 9.17) is 21.1 Å². The van der Waals surface area contributed by atoms with Crippen molar-refractivity contribution in [1.29, 1.82) is 0 Å². The van der Waals surface area contributed by atoms with Gasteiger partial charge in [-0.25, -0.2) is 4.98 Å². The first kappa shape index (κ1) is 11.7. The molecule has 0 atom stereocenters. The predicted octanol–water partition coefficient (Wildman–Crippen LogP) is 3.82. The first-order valence-corrected chi connectivity index (χ1v) is 7.13. The Morgan fingerprint density at radius 3 is 3.00 bits per heavy atom. The van der Waals surface area contributed by atoms with Crippen LogP contribution in [0, 0.1) is 0 Å². The third-order valence-corrected chi connectivity index (χ3v) is 3.91. The molecule has 0 radical (unpaired) electrons. The lowest BCUT2D eigenvalue weighted by Crippen LogP contribution is -1.96. The molecule has 3 heterocycles. The van der Waals surface area contributed by atoms with Gasteiger partial charge in [-0.3, -0.25) is 0 Å². The molecule has 1 aromatic carbocycles. The second-order valence-corrected chi connectivity index (χ2v) is 5.41. The Bertz CT molecular complexity index is 805. The molecule has 20 heavy (non-hydrogen) atoms. The third-order valence-electron chi connectivity index (χ3n) is 2.93. The fourth-order valence-electron chi connectivity index (χ4n) is 2.04. The molecule has 0 saturated heterocycles. The normalized spacial score (nSPS) is 12.8. The monoisotopic (exact) mass is 305 g/mol. The van der Waals surface area contributed by atoms with E-state index < -0.39 is 0 Å². The van der Waals surface area contributed by atoms with Crippen molar-refractivity contribution in [3.8, 4) is 11.5 Å². The number of nitrogens with zero attached hydrogens (tertiary/aromatic N) is 2. The zero-order valence-corrected chi connectivity index (χ0v) is 11.7. The molecule has 2 aromatic heterocycles. The van der Waals surface area contributed by atoms with Crippen LogP contribution in [0.3, 0.4) is 0 Å². The smallest absolute Gasteiger partial charge is 0.231 e. The van der Waals surface area contributed by atoms with Crippen LogP contribution in [-0.4, -0.2) is 16.8 Å². The molecule has 0 amide bonds. The van der Waals surface area contributed by atoms with E-state index in [-0.39, 0.29) is 12.1 Å². The summed E-state index contributed by atoms with van der Waals surface area (Å²) in [5, 5.41) is 6.36. The lowest BCUT2D eigenvalue weighted by molar-refractivity contribution is 0.174. The molecule has 0 bridgehead atoms. The summed E-state index contributed by atoms with van der Waals surface area (Å²) in [6.45, 7) is 0.257. The van der Waals surface area contributed by atoms with Crippen LogP contribution in [-0.2, 0) is 0 Å². The molecule has 3 aromatic rings. The fraction of sp³-hybridized carbons (Fsp3) is 0.0769. The molecule has 4 rings (SSSR count). The van der Waals surface area contributed by atoms with Crippen LogP contribution in [0.15, 0.2) is 29.6 Å². The summed E-state index contributed by atoms with van der Waals surface area (Å²) in [5.74, 6) is 2.15. The molecular weight excluding hydrogens is 298 g/mol. The van der Waals surface area contributed by atoms with Crippen LogP contribution in [0.4, 0.5) is 11.5 Å². The molecule has 1 N–H and O–H groups in total. The highest BCUT2D eigenvalue weighted by molar-refractivity contribution is 7.16. The first-order valence-electron chi connectivity index (χ1n) is 5.87. The minimum Gasteiger partial charge on any atom is -0.454 e. The summed E-state index contributed by atoms with van der Waals surface area (Å²) in [6, 6.07) is 7.60. The maximum atomic E-state index is 5.94. The highest BCUT2D eigenvalue weighted by Gasteiger charge is 2.14. The van der Waals surface area contributed by atoms with Crippen molar-refractivity contribution in [1.82, 2.24) is 9.97 Å². The van der Waals surface area contributed by atoms with E-state index in [1.165, 1.54) is 11.3 Å². The molecule has 0 spiro atoms. The lowest BCUT2D eigenvalue weighted by Gasteiger charge is -2.07. The van der Waals surface area contributed by atoms with Gasteiger partial charge in [-0.15, -0.1) is 11.3 Å². The first-order chi connectivity index (χ1) is 9.79. The Hall–Kier alpha value is -2.05. The van der Waals surface area contributed by atoms with E-state index in [2.05, 4.69) is 15.3 Å². The van der Waals surface area contributed by atoms with Crippen molar-refractivity contribution in [3.63, 3.8) is 0 Å². The Labute approximate surface area is 123 Å². The molecule has 1 aliphatic rings. The van der Waals surface area contributed by atoms with E-state index in [0.29, 0.717) is 5.82 Å². The number of hydrogen-bond acceptors (Lipinski definition) is 6. The Balaban J connectivity index is 1.75. The number of hydrogen-bond donors (Lipinski definition) is 1. The molecule has 0 aliphatic carbocycles. The van der Waals surface area contributed by atoms with Crippen LogP contribution < -0.4 is 14.8 Å². The summed E-state index contributed by atoms with van der Waals surface area (Å²) in [5.41, 5.74) is 0.858. The Morgan fingerprint density at radius 2 is 2.05 bits per heavy atom. The van der Waals surface area contributed by atoms with E-state index in [0.717, 1.165) is 27.4 Å². The minimum absolute atomic E-state index is 0.225. The van der Waals surface area contributed by atoms with Crippen molar-refractivity contribution in [2.75, 3.05) is 12.1 Å². The number of benzene rings is 1. The number of ether oxygens (including phenoxy) is 2. The number of halogens is 1. The van der Waals surface area contributed by atoms with E-state index in [9.17, 15) is 0 Å². The number of nitrogens with one attached hydrogen (secondary N) is 1. The molecule has 7 heteroatoms. The summed E-state index contributed by atoms with van der Waals surface area (Å²) in [7, 11) is 0. The lowest BCUT2D eigenvalue weighted by atomic mass is 10.2. The quantitative estimate of drug-likeness (QED) is 0.729. The van der Waals surface area contributed by atoms with E-state index >= 15 is 0 Å². The van der Waals surface area contributed by atoms with Crippen molar-refractivity contribution in [3.05, 3.63) is 34.9 Å². The number of rotatable bonds is 2. The molecule has 0 saturated carbocycles. The van der Waals surface area contributed by atoms with Gasteiger partial charge in [0.25, 0.3) is 0 Å². The van der Waals surface area contributed by atoms with Crippen molar-refractivity contribution >= 4 is 44.7 Å². The maximum absolute atomic E-state index is 5.94. The molecular formula is C13H8ClN3O2S. The van der Waals surface area contributed by atoms with Crippen LogP contribution in [0.2, 0.25) is 5.28 Å². The molecule has 1 aliphatic heterocycles. The number of thiophene rings is 1. The average Bonchev–Trinajstić information content (AvgIpc) is 3.05. The second kappa shape index (κ2) is 4.50. The van der Waals surface area contributed by atoms with Crippen LogP contribution >= 0.6 is 22.9 Å². The molecule has 0 fully saturated rings. The highest BCUT2D eigenvalue weighted by atomic mass is 35.5. The Morgan fingerprint density at radius 1 is 1.15 bits per heavy atom. The minimum atomic E-state index is 0.225.